The lowest BCUT2D eigenvalue weighted by Crippen LogP contribution is -2.27. The number of para-hydroxylation sites is 1. The highest BCUT2D eigenvalue weighted by Gasteiger charge is 2.24. The van der Waals surface area contributed by atoms with Crippen molar-refractivity contribution < 1.29 is 9.47 Å². The fourth-order valence-corrected chi connectivity index (χ4v) is 3.15. The molecule has 0 N–H and O–H groups in total. The summed E-state index contributed by atoms with van der Waals surface area (Å²) in [6.45, 7) is 6.27. The molecule has 1 aliphatic rings. The van der Waals surface area contributed by atoms with Gasteiger partial charge < -0.3 is 14.4 Å². The van der Waals surface area contributed by atoms with Gasteiger partial charge in [0.25, 0.3) is 0 Å². The summed E-state index contributed by atoms with van der Waals surface area (Å²) in [4.78, 5) is 2.42. The molecule has 1 aliphatic heterocycles. The number of anilines is 1. The van der Waals surface area contributed by atoms with Crippen LogP contribution < -0.4 is 14.4 Å². The molecule has 0 atom stereocenters. The van der Waals surface area contributed by atoms with Crippen molar-refractivity contribution in [1.82, 2.24) is 0 Å². The summed E-state index contributed by atoms with van der Waals surface area (Å²) in [6.07, 6.45) is 0. The maximum absolute atomic E-state index is 5.46. The minimum atomic E-state index is 0.786. The van der Waals surface area contributed by atoms with Crippen LogP contribution in [0.25, 0.3) is 11.1 Å². The fraction of sp³-hybridized carbons (Fsp3) is 0.333. The zero-order valence-corrected chi connectivity index (χ0v) is 13.1. The Morgan fingerprint density at radius 2 is 1.76 bits per heavy atom. The summed E-state index contributed by atoms with van der Waals surface area (Å²) >= 11 is 0. The molecule has 0 fully saturated rings. The lowest BCUT2D eigenvalue weighted by atomic mass is 9.91. The van der Waals surface area contributed by atoms with E-state index >= 15 is 0 Å². The van der Waals surface area contributed by atoms with Crippen molar-refractivity contribution in [3.8, 4) is 22.6 Å². The highest BCUT2D eigenvalue weighted by molar-refractivity contribution is 5.86. The van der Waals surface area contributed by atoms with Gasteiger partial charge in [0, 0.05) is 24.3 Å². The van der Waals surface area contributed by atoms with Gasteiger partial charge in [-0.2, -0.15) is 0 Å². The van der Waals surface area contributed by atoms with E-state index in [1.807, 2.05) is 0 Å². The summed E-state index contributed by atoms with van der Waals surface area (Å²) in [6, 6.07) is 10.7. The van der Waals surface area contributed by atoms with Gasteiger partial charge in [0.05, 0.1) is 14.2 Å². The van der Waals surface area contributed by atoms with Gasteiger partial charge in [0.15, 0.2) is 11.5 Å². The van der Waals surface area contributed by atoms with E-state index in [9.17, 15) is 0 Å². The van der Waals surface area contributed by atoms with Crippen LogP contribution in [-0.2, 0) is 6.54 Å². The Labute approximate surface area is 126 Å². The van der Waals surface area contributed by atoms with Crippen molar-refractivity contribution in [1.29, 1.82) is 0 Å². The molecule has 0 radical (unpaired) electrons. The van der Waals surface area contributed by atoms with Crippen LogP contribution in [0.1, 0.15) is 18.1 Å². The van der Waals surface area contributed by atoms with Crippen LogP contribution in [0.4, 0.5) is 5.69 Å². The van der Waals surface area contributed by atoms with Gasteiger partial charge in [-0.05, 0) is 42.7 Å². The van der Waals surface area contributed by atoms with E-state index in [1.165, 1.54) is 27.9 Å². The number of fused-ring (bicyclic) bond motifs is 3. The summed E-state index contributed by atoms with van der Waals surface area (Å²) in [5.74, 6) is 1.58. The number of hydrogen-bond acceptors (Lipinski definition) is 3. The summed E-state index contributed by atoms with van der Waals surface area (Å²) < 4.78 is 10.9. The van der Waals surface area contributed by atoms with E-state index < -0.39 is 0 Å². The monoisotopic (exact) mass is 283 g/mol. The molecule has 0 amide bonds. The summed E-state index contributed by atoms with van der Waals surface area (Å²) in [5, 5.41) is 0. The predicted molar refractivity (Wildman–Crippen MR) is 86.4 cm³/mol. The Morgan fingerprint density at radius 1 is 1.05 bits per heavy atom. The topological polar surface area (TPSA) is 21.7 Å². The van der Waals surface area contributed by atoms with Gasteiger partial charge in [-0.15, -0.1) is 0 Å². The lowest BCUT2D eigenvalue weighted by molar-refractivity contribution is 0.354. The molecule has 0 aromatic heterocycles. The number of aryl methyl sites for hydroxylation is 1. The first-order valence-electron chi connectivity index (χ1n) is 7.29. The predicted octanol–water partition coefficient (Wildman–Crippen LogP) is 4.02. The second kappa shape index (κ2) is 5.32. The molecule has 3 rings (SSSR count). The summed E-state index contributed by atoms with van der Waals surface area (Å²) in [5.41, 5.74) is 6.46. The molecule has 0 bridgehead atoms. The Kier molecular flexibility index (Phi) is 3.50. The quantitative estimate of drug-likeness (QED) is 0.849. The van der Waals surface area contributed by atoms with E-state index in [0.717, 1.165) is 24.6 Å². The van der Waals surface area contributed by atoms with Gasteiger partial charge in [0.2, 0.25) is 0 Å². The van der Waals surface area contributed by atoms with Crippen LogP contribution >= 0.6 is 0 Å². The Hall–Kier alpha value is -2.16. The average Bonchev–Trinajstić information content (AvgIpc) is 2.52. The molecule has 2 aromatic rings. The molecule has 3 nitrogen and oxygen atoms in total. The number of ether oxygens (including phenoxy) is 2. The van der Waals surface area contributed by atoms with Crippen LogP contribution in [-0.4, -0.2) is 20.8 Å². The normalized spacial score (nSPS) is 12.7. The second-order valence-electron chi connectivity index (χ2n) is 5.35. The smallest absolute Gasteiger partial charge is 0.161 e. The molecule has 110 valence electrons. The molecule has 0 saturated carbocycles. The molecule has 0 aliphatic carbocycles. The molecule has 1 heterocycles. The van der Waals surface area contributed by atoms with Crippen LogP contribution in [0.15, 0.2) is 30.3 Å². The Bertz CT molecular complexity index is 679. The van der Waals surface area contributed by atoms with Crippen LogP contribution in [0.5, 0.6) is 11.5 Å². The van der Waals surface area contributed by atoms with E-state index in [4.69, 9.17) is 9.47 Å². The van der Waals surface area contributed by atoms with Crippen molar-refractivity contribution in [3.63, 3.8) is 0 Å². The third-order valence-electron chi connectivity index (χ3n) is 4.20. The van der Waals surface area contributed by atoms with Crippen molar-refractivity contribution in [3.05, 3.63) is 41.5 Å². The third kappa shape index (κ3) is 2.13. The first-order valence-corrected chi connectivity index (χ1v) is 7.29. The highest BCUT2D eigenvalue weighted by Crippen LogP contribution is 2.44. The van der Waals surface area contributed by atoms with Gasteiger partial charge in [-0.3, -0.25) is 0 Å². The second-order valence-corrected chi connectivity index (χ2v) is 5.35. The molecule has 21 heavy (non-hydrogen) atoms. The fourth-order valence-electron chi connectivity index (χ4n) is 3.15. The molecular formula is C18H21NO2. The number of nitrogens with zero attached hydrogens (tertiary/aromatic N) is 1. The van der Waals surface area contributed by atoms with E-state index in [2.05, 4.69) is 49.1 Å². The Morgan fingerprint density at radius 3 is 2.43 bits per heavy atom. The van der Waals surface area contributed by atoms with Gasteiger partial charge in [0.1, 0.15) is 0 Å². The zero-order chi connectivity index (χ0) is 15.0. The average molecular weight is 283 g/mol. The third-order valence-corrected chi connectivity index (χ3v) is 4.20. The van der Waals surface area contributed by atoms with Crippen LogP contribution in [0.3, 0.4) is 0 Å². The number of rotatable bonds is 3. The highest BCUT2D eigenvalue weighted by atomic mass is 16.5. The Balaban J connectivity index is 2.26. The van der Waals surface area contributed by atoms with Gasteiger partial charge >= 0.3 is 0 Å². The molecule has 0 saturated heterocycles. The minimum Gasteiger partial charge on any atom is -0.493 e. The van der Waals surface area contributed by atoms with E-state index in [-0.39, 0.29) is 0 Å². The summed E-state index contributed by atoms with van der Waals surface area (Å²) in [7, 11) is 3.37. The maximum atomic E-state index is 5.46. The lowest BCUT2D eigenvalue weighted by Gasteiger charge is -2.34. The van der Waals surface area contributed by atoms with Crippen molar-refractivity contribution in [2.75, 3.05) is 25.7 Å². The van der Waals surface area contributed by atoms with Crippen LogP contribution in [0.2, 0.25) is 0 Å². The first-order chi connectivity index (χ1) is 10.2. The van der Waals surface area contributed by atoms with Crippen molar-refractivity contribution in [2.24, 2.45) is 0 Å². The SMILES string of the molecule is CCN1Cc2cc(OC)c(OC)cc2-c2cccc(C)c21. The molecular weight excluding hydrogens is 262 g/mol. The molecule has 2 aromatic carbocycles. The van der Waals surface area contributed by atoms with Crippen LogP contribution in [0, 0.1) is 6.92 Å². The molecule has 0 unspecified atom stereocenters. The zero-order valence-electron chi connectivity index (χ0n) is 13.1. The van der Waals surface area contributed by atoms with Gasteiger partial charge in [-0.25, -0.2) is 0 Å². The molecule has 3 heteroatoms. The van der Waals surface area contributed by atoms with Crippen molar-refractivity contribution >= 4 is 5.69 Å². The van der Waals surface area contributed by atoms with E-state index in [1.54, 1.807) is 14.2 Å². The maximum Gasteiger partial charge on any atom is 0.161 e. The first kappa shape index (κ1) is 13.8. The largest absolute Gasteiger partial charge is 0.493 e. The minimum absolute atomic E-state index is 0.786. The number of hydrogen-bond donors (Lipinski definition) is 0. The van der Waals surface area contributed by atoms with Crippen molar-refractivity contribution in [2.45, 2.75) is 20.4 Å². The number of methoxy groups -OCH3 is 2. The standard InChI is InChI=1S/C18H21NO2/c1-5-19-11-13-9-16(20-3)17(21-4)10-15(13)14-8-6-7-12(2)18(14)19/h6-10H,5,11H2,1-4H3. The van der Waals surface area contributed by atoms with Gasteiger partial charge in [-0.1, -0.05) is 18.2 Å². The number of benzene rings is 2. The van der Waals surface area contributed by atoms with E-state index in [0.29, 0.717) is 0 Å². The molecule has 0 spiro atoms.